The van der Waals surface area contributed by atoms with Crippen molar-refractivity contribution in [3.05, 3.63) is 18.0 Å². The van der Waals surface area contributed by atoms with Crippen LogP contribution in [0.5, 0.6) is 0 Å². The molecule has 0 saturated carbocycles. The summed E-state index contributed by atoms with van der Waals surface area (Å²) in [7, 11) is 0. The molecule has 0 aliphatic heterocycles. The first-order valence-corrected chi connectivity index (χ1v) is 6.14. The van der Waals surface area contributed by atoms with Crippen LogP contribution in [0.3, 0.4) is 0 Å². The molecule has 0 aliphatic rings. The molecule has 102 valence electrons. The third-order valence-electron chi connectivity index (χ3n) is 2.19. The Bertz CT molecular complexity index is 359. The average molecular weight is 256 g/mol. The number of ether oxygens (including phenoxy) is 3. The van der Waals surface area contributed by atoms with Gasteiger partial charge in [0.2, 0.25) is 0 Å². The molecule has 1 heterocycles. The van der Waals surface area contributed by atoms with Gasteiger partial charge in [0.1, 0.15) is 0 Å². The molecule has 0 N–H and O–H groups in total. The van der Waals surface area contributed by atoms with E-state index in [1.807, 2.05) is 13.8 Å². The zero-order chi connectivity index (χ0) is 13.4. The van der Waals surface area contributed by atoms with E-state index < -0.39 is 0 Å². The SMILES string of the molecule is CCOC(=O)c1cnn(CC(OCC)OCC)c1. The smallest absolute Gasteiger partial charge is 0.341 e. The Morgan fingerprint density at radius 3 is 2.50 bits per heavy atom. The van der Waals surface area contributed by atoms with E-state index in [9.17, 15) is 4.79 Å². The number of hydrogen-bond acceptors (Lipinski definition) is 5. The normalized spacial score (nSPS) is 10.9. The Morgan fingerprint density at radius 1 is 1.28 bits per heavy atom. The molecular weight excluding hydrogens is 236 g/mol. The maximum atomic E-state index is 11.5. The highest BCUT2D eigenvalue weighted by Crippen LogP contribution is 2.04. The minimum atomic E-state index is -0.367. The summed E-state index contributed by atoms with van der Waals surface area (Å²) in [6, 6.07) is 0. The summed E-state index contributed by atoms with van der Waals surface area (Å²) in [5, 5.41) is 4.08. The molecule has 18 heavy (non-hydrogen) atoms. The number of carbonyl (C=O) groups excluding carboxylic acids is 1. The predicted octanol–water partition coefficient (Wildman–Crippen LogP) is 1.46. The second-order valence-electron chi connectivity index (χ2n) is 3.51. The number of rotatable bonds is 8. The zero-order valence-corrected chi connectivity index (χ0v) is 11.1. The van der Waals surface area contributed by atoms with Crippen LogP contribution in [0.2, 0.25) is 0 Å². The molecule has 0 saturated heterocycles. The molecule has 1 aromatic rings. The molecule has 1 rings (SSSR count). The summed E-state index contributed by atoms with van der Waals surface area (Å²) in [4.78, 5) is 11.5. The Labute approximate surface area is 107 Å². The summed E-state index contributed by atoms with van der Waals surface area (Å²) < 4.78 is 17.3. The fourth-order valence-electron chi connectivity index (χ4n) is 1.46. The van der Waals surface area contributed by atoms with E-state index in [0.717, 1.165) is 0 Å². The van der Waals surface area contributed by atoms with E-state index in [-0.39, 0.29) is 12.3 Å². The number of aromatic nitrogens is 2. The summed E-state index contributed by atoms with van der Waals surface area (Å²) in [5.41, 5.74) is 0.434. The number of carbonyl (C=O) groups is 1. The molecule has 0 unspecified atom stereocenters. The van der Waals surface area contributed by atoms with Gasteiger partial charge in [-0.1, -0.05) is 0 Å². The van der Waals surface area contributed by atoms with Crippen molar-refractivity contribution in [2.45, 2.75) is 33.6 Å². The monoisotopic (exact) mass is 256 g/mol. The zero-order valence-electron chi connectivity index (χ0n) is 11.1. The lowest BCUT2D eigenvalue weighted by Gasteiger charge is -2.16. The first-order chi connectivity index (χ1) is 8.71. The molecule has 0 bridgehead atoms. The lowest BCUT2D eigenvalue weighted by molar-refractivity contribution is -0.144. The van der Waals surface area contributed by atoms with Gasteiger partial charge in [0.25, 0.3) is 0 Å². The summed E-state index contributed by atoms with van der Waals surface area (Å²) >= 11 is 0. The molecule has 0 aliphatic carbocycles. The Hall–Kier alpha value is -1.40. The average Bonchev–Trinajstić information content (AvgIpc) is 2.78. The lowest BCUT2D eigenvalue weighted by atomic mass is 10.4. The van der Waals surface area contributed by atoms with Crippen molar-refractivity contribution in [3.63, 3.8) is 0 Å². The maximum absolute atomic E-state index is 11.5. The molecule has 1 aromatic heterocycles. The largest absolute Gasteiger partial charge is 0.462 e. The van der Waals surface area contributed by atoms with E-state index in [1.165, 1.54) is 6.20 Å². The molecule has 0 atom stereocenters. The van der Waals surface area contributed by atoms with Gasteiger partial charge >= 0.3 is 5.97 Å². The van der Waals surface area contributed by atoms with Gasteiger partial charge in [0, 0.05) is 19.4 Å². The third kappa shape index (κ3) is 4.46. The van der Waals surface area contributed by atoms with Gasteiger partial charge in [0.05, 0.1) is 24.9 Å². The summed E-state index contributed by atoms with van der Waals surface area (Å²) in [6.07, 6.45) is 2.76. The van der Waals surface area contributed by atoms with Crippen LogP contribution in [0.25, 0.3) is 0 Å². The topological polar surface area (TPSA) is 62.6 Å². The molecule has 6 heteroatoms. The second kappa shape index (κ2) is 7.84. The summed E-state index contributed by atoms with van der Waals surface area (Å²) in [6.45, 7) is 7.50. The predicted molar refractivity (Wildman–Crippen MR) is 65.2 cm³/mol. The van der Waals surface area contributed by atoms with Crippen molar-refractivity contribution < 1.29 is 19.0 Å². The number of nitrogens with zero attached hydrogens (tertiary/aromatic N) is 2. The second-order valence-corrected chi connectivity index (χ2v) is 3.51. The maximum Gasteiger partial charge on any atom is 0.341 e. The van der Waals surface area contributed by atoms with E-state index in [0.29, 0.717) is 31.9 Å². The number of esters is 1. The summed E-state index contributed by atoms with van der Waals surface area (Å²) in [5.74, 6) is -0.367. The van der Waals surface area contributed by atoms with Crippen molar-refractivity contribution in [3.8, 4) is 0 Å². The van der Waals surface area contributed by atoms with Crippen molar-refractivity contribution in [1.29, 1.82) is 0 Å². The fraction of sp³-hybridized carbons (Fsp3) is 0.667. The first kappa shape index (κ1) is 14.7. The molecular formula is C12H20N2O4. The van der Waals surface area contributed by atoms with Crippen LogP contribution < -0.4 is 0 Å². The van der Waals surface area contributed by atoms with Crippen LogP contribution in [0.1, 0.15) is 31.1 Å². The highest BCUT2D eigenvalue weighted by molar-refractivity contribution is 5.88. The van der Waals surface area contributed by atoms with E-state index in [1.54, 1.807) is 17.8 Å². The van der Waals surface area contributed by atoms with Gasteiger partial charge in [-0.05, 0) is 20.8 Å². The minimum Gasteiger partial charge on any atom is -0.462 e. The van der Waals surface area contributed by atoms with Crippen LogP contribution in [-0.4, -0.2) is 41.9 Å². The van der Waals surface area contributed by atoms with Gasteiger partial charge in [-0.25, -0.2) is 4.79 Å². The van der Waals surface area contributed by atoms with Crippen LogP contribution in [0.15, 0.2) is 12.4 Å². The van der Waals surface area contributed by atoms with Crippen molar-refractivity contribution in [2.24, 2.45) is 0 Å². The molecule has 6 nitrogen and oxygen atoms in total. The van der Waals surface area contributed by atoms with Crippen LogP contribution in [0.4, 0.5) is 0 Å². The van der Waals surface area contributed by atoms with E-state index in [2.05, 4.69) is 5.10 Å². The van der Waals surface area contributed by atoms with Crippen molar-refractivity contribution in [1.82, 2.24) is 9.78 Å². The molecule has 0 fully saturated rings. The van der Waals surface area contributed by atoms with Crippen LogP contribution in [0, 0.1) is 0 Å². The van der Waals surface area contributed by atoms with Crippen LogP contribution >= 0.6 is 0 Å². The van der Waals surface area contributed by atoms with Gasteiger partial charge in [-0.15, -0.1) is 0 Å². The molecule has 0 aromatic carbocycles. The molecule has 0 spiro atoms. The Balaban J connectivity index is 2.58. The molecule has 0 amide bonds. The third-order valence-corrected chi connectivity index (χ3v) is 2.19. The van der Waals surface area contributed by atoms with Gasteiger partial charge in [-0.2, -0.15) is 5.10 Å². The van der Waals surface area contributed by atoms with Gasteiger partial charge < -0.3 is 14.2 Å². The quantitative estimate of drug-likeness (QED) is 0.520. The van der Waals surface area contributed by atoms with E-state index >= 15 is 0 Å². The Kier molecular flexibility index (Phi) is 6.38. The van der Waals surface area contributed by atoms with Crippen molar-refractivity contribution >= 4 is 5.97 Å². The minimum absolute atomic E-state index is 0.352. The Morgan fingerprint density at radius 2 is 1.94 bits per heavy atom. The van der Waals surface area contributed by atoms with Gasteiger partial charge in [-0.3, -0.25) is 4.68 Å². The number of hydrogen-bond donors (Lipinski definition) is 0. The highest BCUT2D eigenvalue weighted by atomic mass is 16.7. The van der Waals surface area contributed by atoms with Crippen LogP contribution in [-0.2, 0) is 20.8 Å². The van der Waals surface area contributed by atoms with Gasteiger partial charge in [0.15, 0.2) is 6.29 Å². The van der Waals surface area contributed by atoms with Crippen molar-refractivity contribution in [2.75, 3.05) is 19.8 Å². The molecule has 0 radical (unpaired) electrons. The highest BCUT2D eigenvalue weighted by Gasteiger charge is 2.13. The fourth-order valence-corrected chi connectivity index (χ4v) is 1.46. The lowest BCUT2D eigenvalue weighted by Crippen LogP contribution is -2.24. The first-order valence-electron chi connectivity index (χ1n) is 6.14. The standard InChI is InChI=1S/C12H20N2O4/c1-4-16-11(17-5-2)9-14-8-10(7-13-14)12(15)18-6-3/h7-8,11H,4-6,9H2,1-3H3. The van der Waals surface area contributed by atoms with E-state index in [4.69, 9.17) is 14.2 Å².